The van der Waals surface area contributed by atoms with E-state index in [2.05, 4.69) is 10.2 Å². The minimum absolute atomic E-state index is 0.421. The molecule has 0 spiro atoms. The molecule has 2 rings (SSSR count). The van der Waals surface area contributed by atoms with E-state index in [9.17, 15) is 5.11 Å². The Labute approximate surface area is 101 Å². The summed E-state index contributed by atoms with van der Waals surface area (Å²) in [5.41, 5.74) is 0.933. The van der Waals surface area contributed by atoms with Crippen LogP contribution in [0, 0.1) is 0 Å². The van der Waals surface area contributed by atoms with Crippen molar-refractivity contribution in [3.05, 3.63) is 34.9 Å². The van der Waals surface area contributed by atoms with Crippen molar-refractivity contribution in [3.8, 4) is 0 Å². The lowest BCUT2D eigenvalue weighted by atomic mass is 10.1. The number of halogens is 1. The van der Waals surface area contributed by atoms with Gasteiger partial charge in [-0.15, -0.1) is 0 Å². The van der Waals surface area contributed by atoms with Crippen LogP contribution in [-0.4, -0.2) is 42.7 Å². The highest BCUT2D eigenvalue weighted by Gasteiger charge is 2.15. The number of piperazine rings is 1. The zero-order valence-electron chi connectivity index (χ0n) is 9.19. The fourth-order valence-electron chi connectivity index (χ4n) is 1.93. The molecule has 0 saturated carbocycles. The smallest absolute Gasteiger partial charge is 0.0916 e. The molecule has 1 atom stereocenters. The lowest BCUT2D eigenvalue weighted by Gasteiger charge is -2.29. The second kappa shape index (κ2) is 5.64. The number of aliphatic hydroxyl groups is 1. The first-order chi connectivity index (χ1) is 7.75. The summed E-state index contributed by atoms with van der Waals surface area (Å²) in [5.74, 6) is 0. The minimum Gasteiger partial charge on any atom is -0.387 e. The molecule has 1 aliphatic rings. The van der Waals surface area contributed by atoms with Gasteiger partial charge in [-0.3, -0.25) is 4.90 Å². The van der Waals surface area contributed by atoms with E-state index in [1.165, 1.54) is 0 Å². The van der Waals surface area contributed by atoms with Crippen molar-refractivity contribution in [1.82, 2.24) is 10.2 Å². The number of nitrogens with zero attached hydrogens (tertiary/aromatic N) is 1. The van der Waals surface area contributed by atoms with Gasteiger partial charge < -0.3 is 10.4 Å². The number of hydrogen-bond donors (Lipinski definition) is 2. The van der Waals surface area contributed by atoms with E-state index < -0.39 is 6.10 Å². The van der Waals surface area contributed by atoms with E-state index in [-0.39, 0.29) is 0 Å². The van der Waals surface area contributed by atoms with Gasteiger partial charge in [-0.2, -0.15) is 0 Å². The van der Waals surface area contributed by atoms with Crippen LogP contribution in [-0.2, 0) is 0 Å². The van der Waals surface area contributed by atoms with E-state index in [1.807, 2.05) is 24.3 Å². The predicted octanol–water partition coefficient (Wildman–Crippen LogP) is 1.28. The molecule has 1 saturated heterocycles. The Morgan fingerprint density at radius 1 is 1.25 bits per heavy atom. The average Bonchev–Trinajstić information content (AvgIpc) is 2.31. The third-order valence-corrected chi connectivity index (χ3v) is 3.15. The van der Waals surface area contributed by atoms with Crippen LogP contribution in [0.1, 0.15) is 11.7 Å². The van der Waals surface area contributed by atoms with Crippen LogP contribution in [0.15, 0.2) is 24.3 Å². The number of hydrogen-bond acceptors (Lipinski definition) is 3. The van der Waals surface area contributed by atoms with Crippen LogP contribution in [0.3, 0.4) is 0 Å². The lowest BCUT2D eigenvalue weighted by Crippen LogP contribution is -2.44. The molecule has 0 aliphatic carbocycles. The molecule has 2 N–H and O–H groups in total. The summed E-state index contributed by atoms with van der Waals surface area (Å²) >= 11 is 5.81. The molecule has 0 unspecified atom stereocenters. The van der Waals surface area contributed by atoms with Crippen molar-refractivity contribution in [1.29, 1.82) is 0 Å². The van der Waals surface area contributed by atoms with E-state index in [0.717, 1.165) is 31.7 Å². The Bertz CT molecular complexity index is 322. The van der Waals surface area contributed by atoms with Crippen molar-refractivity contribution in [2.45, 2.75) is 6.10 Å². The highest BCUT2D eigenvalue weighted by Crippen LogP contribution is 2.17. The van der Waals surface area contributed by atoms with Gasteiger partial charge in [0.05, 0.1) is 6.10 Å². The van der Waals surface area contributed by atoms with E-state index in [4.69, 9.17) is 11.6 Å². The molecular formula is C12H17ClN2O. The highest BCUT2D eigenvalue weighted by molar-refractivity contribution is 6.30. The van der Waals surface area contributed by atoms with Gasteiger partial charge in [0.1, 0.15) is 0 Å². The van der Waals surface area contributed by atoms with Crippen LogP contribution in [0.25, 0.3) is 0 Å². The first-order valence-corrected chi connectivity index (χ1v) is 6.00. The number of nitrogens with one attached hydrogen (secondary N) is 1. The van der Waals surface area contributed by atoms with E-state index >= 15 is 0 Å². The second-order valence-electron chi connectivity index (χ2n) is 4.12. The summed E-state index contributed by atoms with van der Waals surface area (Å²) in [5, 5.41) is 14.1. The Morgan fingerprint density at radius 3 is 2.50 bits per heavy atom. The van der Waals surface area contributed by atoms with Gasteiger partial charge >= 0.3 is 0 Å². The Kier molecular flexibility index (Phi) is 4.18. The SMILES string of the molecule is O[C@H](CN1CCNCC1)c1ccc(Cl)cc1. The van der Waals surface area contributed by atoms with Gasteiger partial charge in [-0.25, -0.2) is 0 Å². The third-order valence-electron chi connectivity index (χ3n) is 2.90. The summed E-state index contributed by atoms with van der Waals surface area (Å²) in [7, 11) is 0. The lowest BCUT2D eigenvalue weighted by molar-refractivity contribution is 0.105. The van der Waals surface area contributed by atoms with Gasteiger partial charge in [0.25, 0.3) is 0 Å². The zero-order chi connectivity index (χ0) is 11.4. The number of rotatable bonds is 3. The highest BCUT2D eigenvalue weighted by atomic mass is 35.5. The monoisotopic (exact) mass is 240 g/mol. The fraction of sp³-hybridized carbons (Fsp3) is 0.500. The molecule has 88 valence electrons. The fourth-order valence-corrected chi connectivity index (χ4v) is 2.05. The molecule has 0 aromatic heterocycles. The van der Waals surface area contributed by atoms with Crippen LogP contribution in [0.4, 0.5) is 0 Å². The van der Waals surface area contributed by atoms with Crippen LogP contribution < -0.4 is 5.32 Å². The molecule has 1 aromatic rings. The molecule has 0 bridgehead atoms. The maximum atomic E-state index is 10.1. The van der Waals surface area contributed by atoms with Gasteiger partial charge in [0, 0.05) is 37.7 Å². The standard InChI is InChI=1S/C12H17ClN2O/c13-11-3-1-10(2-4-11)12(16)9-15-7-5-14-6-8-15/h1-4,12,14,16H,5-9H2/t12-/m1/s1. The molecule has 1 fully saturated rings. The summed E-state index contributed by atoms with van der Waals surface area (Å²) in [6.07, 6.45) is -0.421. The van der Waals surface area contributed by atoms with Crippen molar-refractivity contribution in [2.75, 3.05) is 32.7 Å². The summed E-state index contributed by atoms with van der Waals surface area (Å²) in [6, 6.07) is 7.40. The van der Waals surface area contributed by atoms with Crippen molar-refractivity contribution < 1.29 is 5.11 Å². The van der Waals surface area contributed by atoms with E-state index in [1.54, 1.807) is 0 Å². The largest absolute Gasteiger partial charge is 0.387 e. The molecular weight excluding hydrogens is 224 g/mol. The molecule has 4 heteroatoms. The molecule has 16 heavy (non-hydrogen) atoms. The Balaban J connectivity index is 1.91. The minimum atomic E-state index is -0.421. The number of aliphatic hydroxyl groups excluding tert-OH is 1. The summed E-state index contributed by atoms with van der Waals surface area (Å²) < 4.78 is 0. The maximum Gasteiger partial charge on any atom is 0.0916 e. The van der Waals surface area contributed by atoms with Crippen molar-refractivity contribution in [2.24, 2.45) is 0 Å². The normalized spacial score (nSPS) is 19.6. The third kappa shape index (κ3) is 3.19. The van der Waals surface area contributed by atoms with Crippen molar-refractivity contribution >= 4 is 11.6 Å². The predicted molar refractivity (Wildman–Crippen MR) is 65.7 cm³/mol. The first-order valence-electron chi connectivity index (χ1n) is 5.62. The molecule has 1 heterocycles. The second-order valence-corrected chi connectivity index (χ2v) is 4.55. The quantitative estimate of drug-likeness (QED) is 0.836. The van der Waals surface area contributed by atoms with E-state index in [0.29, 0.717) is 11.6 Å². The van der Waals surface area contributed by atoms with Gasteiger partial charge in [0.2, 0.25) is 0 Å². The zero-order valence-corrected chi connectivity index (χ0v) is 9.95. The Hall–Kier alpha value is -0.610. The number of β-amino-alcohol motifs (C(OH)–C–C–N with tert-alkyl or cyclic N) is 1. The molecule has 3 nitrogen and oxygen atoms in total. The molecule has 0 radical (unpaired) electrons. The van der Waals surface area contributed by atoms with Gasteiger partial charge in [-0.05, 0) is 17.7 Å². The molecule has 1 aromatic carbocycles. The van der Waals surface area contributed by atoms with Gasteiger partial charge in [-0.1, -0.05) is 23.7 Å². The van der Waals surface area contributed by atoms with Crippen LogP contribution in [0.2, 0.25) is 5.02 Å². The maximum absolute atomic E-state index is 10.1. The number of benzene rings is 1. The average molecular weight is 241 g/mol. The first kappa shape index (κ1) is 11.9. The van der Waals surface area contributed by atoms with Crippen LogP contribution in [0.5, 0.6) is 0 Å². The van der Waals surface area contributed by atoms with Crippen LogP contribution >= 0.6 is 11.6 Å². The summed E-state index contributed by atoms with van der Waals surface area (Å²) in [6.45, 7) is 4.72. The summed E-state index contributed by atoms with van der Waals surface area (Å²) in [4.78, 5) is 2.27. The molecule has 1 aliphatic heterocycles. The Morgan fingerprint density at radius 2 is 1.88 bits per heavy atom. The topological polar surface area (TPSA) is 35.5 Å². The molecule has 0 amide bonds. The van der Waals surface area contributed by atoms with Gasteiger partial charge in [0.15, 0.2) is 0 Å². The van der Waals surface area contributed by atoms with Crippen molar-refractivity contribution in [3.63, 3.8) is 0 Å².